The van der Waals surface area contributed by atoms with Gasteiger partial charge in [0.2, 0.25) is 5.91 Å². The number of nitro benzene ring substituents is 1. The molecule has 1 amide bonds. The summed E-state index contributed by atoms with van der Waals surface area (Å²) in [5, 5.41) is 11.1. The van der Waals surface area contributed by atoms with E-state index in [2.05, 4.69) is 11.9 Å². The Hall–Kier alpha value is -2.58. The van der Waals surface area contributed by atoms with Gasteiger partial charge in [-0.1, -0.05) is 43.2 Å². The van der Waals surface area contributed by atoms with E-state index < -0.39 is 10.3 Å². The number of non-ortho nitro benzene ring substituents is 1. The molecule has 1 heterocycles. The van der Waals surface area contributed by atoms with Crippen molar-refractivity contribution in [2.75, 3.05) is 25.1 Å². The van der Waals surface area contributed by atoms with E-state index in [-0.39, 0.29) is 11.6 Å². The van der Waals surface area contributed by atoms with Crippen molar-refractivity contribution >= 4 is 29.0 Å². The topological polar surface area (TPSA) is 75.9 Å². The van der Waals surface area contributed by atoms with Crippen LogP contribution in [0, 0.1) is 10.1 Å². The molecule has 1 aliphatic carbocycles. The molecule has 7 nitrogen and oxygen atoms in total. The second-order valence-electron chi connectivity index (χ2n) is 9.13. The van der Waals surface area contributed by atoms with Crippen LogP contribution in [0.3, 0.4) is 0 Å². The Balaban J connectivity index is 1.44. The molecular weight excluding hydrogens is 450 g/mol. The number of nitrogens with zero attached hydrogens (tertiary/aromatic N) is 3. The number of fused-ring (bicyclic) bond motifs is 1. The first-order chi connectivity index (χ1) is 16.5. The second kappa shape index (κ2) is 11.2. The van der Waals surface area contributed by atoms with Gasteiger partial charge in [-0.15, -0.1) is 0 Å². The largest absolute Gasteiger partial charge is 0.493 e. The van der Waals surface area contributed by atoms with Crippen molar-refractivity contribution in [2.24, 2.45) is 0 Å². The predicted octanol–water partition coefficient (Wildman–Crippen LogP) is 6.18. The third-order valence-electron chi connectivity index (χ3n) is 6.77. The minimum atomic E-state index is -0.404. The summed E-state index contributed by atoms with van der Waals surface area (Å²) in [5.41, 5.74) is 1.48. The fraction of sp³-hybridized carbons (Fsp3) is 0.500. The summed E-state index contributed by atoms with van der Waals surface area (Å²) in [6, 6.07) is 13.1. The molecule has 0 N–H and O–H groups in total. The second-order valence-corrected chi connectivity index (χ2v) is 10.3. The molecule has 0 bridgehead atoms. The number of anilines is 1. The highest BCUT2D eigenvalue weighted by Gasteiger charge is 2.36. The Bertz CT molecular complexity index is 1020. The number of hydrogen-bond donors (Lipinski definition) is 0. The Kier molecular flexibility index (Phi) is 8.11. The minimum absolute atomic E-state index is 0.00323. The average Bonchev–Trinajstić information content (AvgIpc) is 3.24. The summed E-state index contributed by atoms with van der Waals surface area (Å²) >= 11 is 1.52. The van der Waals surface area contributed by atoms with Crippen LogP contribution in [0.15, 0.2) is 47.4 Å². The van der Waals surface area contributed by atoms with Crippen LogP contribution >= 0.6 is 11.8 Å². The number of hydrogen-bond acceptors (Lipinski definition) is 6. The van der Waals surface area contributed by atoms with E-state index in [9.17, 15) is 14.9 Å². The van der Waals surface area contributed by atoms with Crippen molar-refractivity contribution in [3.63, 3.8) is 0 Å². The number of benzene rings is 2. The highest BCUT2D eigenvalue weighted by molar-refractivity contribution is 8.00. The number of amides is 1. The summed E-state index contributed by atoms with van der Waals surface area (Å²) < 4.78 is 6.15. The maximum absolute atomic E-state index is 12.5. The summed E-state index contributed by atoms with van der Waals surface area (Å²) in [4.78, 5) is 28.8. The zero-order valence-corrected chi connectivity index (χ0v) is 20.8. The minimum Gasteiger partial charge on any atom is -0.493 e. The van der Waals surface area contributed by atoms with Crippen LogP contribution in [0.25, 0.3) is 0 Å². The van der Waals surface area contributed by atoms with Gasteiger partial charge >= 0.3 is 0 Å². The molecule has 0 spiro atoms. The SMILES string of the molecule is CC(=O)N1c2ccccc2SC1c1cc([N+](=O)[O-])ccc1OCCCCN(C)C1CCCCC1. The predicted molar refractivity (Wildman–Crippen MR) is 136 cm³/mol. The Labute approximate surface area is 205 Å². The standard InChI is InChI=1S/C26H33N3O4S/c1-19(30)28-23-12-6-7-13-25(23)34-26(28)22-18-21(29(31)32)14-15-24(22)33-17-9-8-16-27(2)20-10-4-3-5-11-20/h6-7,12-15,18,20,26H,3-5,8-11,16-17H2,1-2H3. The molecular formula is C26H33N3O4S. The highest BCUT2D eigenvalue weighted by Crippen LogP contribution is 2.53. The molecule has 1 unspecified atom stereocenters. The molecule has 0 saturated heterocycles. The lowest BCUT2D eigenvalue weighted by Gasteiger charge is -2.31. The van der Waals surface area contributed by atoms with Gasteiger partial charge in [-0.25, -0.2) is 0 Å². The van der Waals surface area contributed by atoms with Crippen molar-refractivity contribution in [1.29, 1.82) is 0 Å². The van der Waals surface area contributed by atoms with Crippen LogP contribution in [0.5, 0.6) is 5.75 Å². The molecule has 0 radical (unpaired) electrons. The smallest absolute Gasteiger partial charge is 0.270 e. The van der Waals surface area contributed by atoms with Crippen LogP contribution < -0.4 is 9.64 Å². The quantitative estimate of drug-likeness (QED) is 0.241. The maximum atomic E-state index is 12.5. The number of carbonyl (C=O) groups excluding carboxylic acids is 1. The molecule has 2 aliphatic rings. The fourth-order valence-electron chi connectivity index (χ4n) is 4.92. The Morgan fingerprint density at radius 1 is 1.18 bits per heavy atom. The molecule has 1 aliphatic heterocycles. The van der Waals surface area contributed by atoms with Gasteiger partial charge in [0.05, 0.1) is 17.2 Å². The van der Waals surface area contributed by atoms with Crippen LogP contribution in [0.4, 0.5) is 11.4 Å². The fourth-order valence-corrected chi connectivity index (χ4v) is 6.28. The molecule has 4 rings (SSSR count). The van der Waals surface area contributed by atoms with E-state index in [1.165, 1.54) is 56.9 Å². The van der Waals surface area contributed by atoms with Gasteiger partial charge in [-0.2, -0.15) is 0 Å². The molecule has 182 valence electrons. The molecule has 2 aromatic rings. The van der Waals surface area contributed by atoms with Crippen LogP contribution in [-0.4, -0.2) is 42.0 Å². The monoisotopic (exact) mass is 483 g/mol. The number of unbranched alkanes of at least 4 members (excludes halogenated alkanes) is 1. The van der Waals surface area contributed by atoms with Crippen molar-refractivity contribution in [1.82, 2.24) is 4.90 Å². The average molecular weight is 484 g/mol. The molecule has 1 fully saturated rings. The number of thioether (sulfide) groups is 1. The van der Waals surface area contributed by atoms with E-state index in [4.69, 9.17) is 4.74 Å². The number of ether oxygens (including phenoxy) is 1. The summed E-state index contributed by atoms with van der Waals surface area (Å²) in [7, 11) is 2.22. The van der Waals surface area contributed by atoms with Gasteiger partial charge in [0, 0.05) is 35.6 Å². The van der Waals surface area contributed by atoms with Gasteiger partial charge in [-0.3, -0.25) is 19.8 Å². The number of carbonyl (C=O) groups is 1. The first kappa shape index (κ1) is 24.5. The number of nitro groups is 1. The lowest BCUT2D eigenvalue weighted by molar-refractivity contribution is -0.384. The molecule has 0 aromatic heterocycles. The van der Waals surface area contributed by atoms with Gasteiger partial charge in [0.1, 0.15) is 11.1 Å². The van der Waals surface area contributed by atoms with Crippen LogP contribution in [-0.2, 0) is 4.79 Å². The zero-order valence-electron chi connectivity index (χ0n) is 19.9. The van der Waals surface area contributed by atoms with Crippen molar-refractivity contribution in [3.05, 3.63) is 58.1 Å². The van der Waals surface area contributed by atoms with E-state index in [1.54, 1.807) is 17.0 Å². The first-order valence-corrected chi connectivity index (χ1v) is 13.0. The normalized spacial score (nSPS) is 18.2. The van der Waals surface area contributed by atoms with E-state index in [0.29, 0.717) is 24.0 Å². The summed E-state index contributed by atoms with van der Waals surface area (Å²) in [5.74, 6) is 0.494. The van der Waals surface area contributed by atoms with Crippen molar-refractivity contribution in [2.45, 2.75) is 68.2 Å². The highest BCUT2D eigenvalue weighted by atomic mass is 32.2. The lowest BCUT2D eigenvalue weighted by Crippen LogP contribution is -2.34. The molecule has 2 aromatic carbocycles. The van der Waals surface area contributed by atoms with Crippen LogP contribution in [0.1, 0.15) is 62.8 Å². The number of para-hydroxylation sites is 1. The van der Waals surface area contributed by atoms with Crippen LogP contribution in [0.2, 0.25) is 0 Å². The first-order valence-electron chi connectivity index (χ1n) is 12.1. The zero-order chi connectivity index (χ0) is 24.1. The third kappa shape index (κ3) is 5.55. The Morgan fingerprint density at radius 2 is 1.94 bits per heavy atom. The van der Waals surface area contributed by atoms with Gasteiger partial charge in [0.15, 0.2) is 0 Å². The third-order valence-corrected chi connectivity index (χ3v) is 8.06. The lowest BCUT2D eigenvalue weighted by atomic mass is 9.94. The van der Waals surface area contributed by atoms with E-state index >= 15 is 0 Å². The molecule has 1 atom stereocenters. The molecule has 1 saturated carbocycles. The van der Waals surface area contributed by atoms with Crippen molar-refractivity contribution in [3.8, 4) is 5.75 Å². The summed E-state index contributed by atoms with van der Waals surface area (Å²) in [6.45, 7) is 3.11. The maximum Gasteiger partial charge on any atom is 0.270 e. The van der Waals surface area contributed by atoms with Gasteiger partial charge < -0.3 is 9.64 Å². The molecule has 8 heteroatoms. The molecule has 34 heavy (non-hydrogen) atoms. The Morgan fingerprint density at radius 3 is 2.68 bits per heavy atom. The van der Waals surface area contributed by atoms with Gasteiger partial charge in [0.25, 0.3) is 5.69 Å². The summed E-state index contributed by atoms with van der Waals surface area (Å²) in [6.07, 6.45) is 8.57. The van der Waals surface area contributed by atoms with Gasteiger partial charge in [-0.05, 0) is 57.5 Å². The number of rotatable bonds is 9. The van der Waals surface area contributed by atoms with E-state index in [1.807, 2.05) is 24.3 Å². The van der Waals surface area contributed by atoms with E-state index in [0.717, 1.165) is 30.0 Å². The van der Waals surface area contributed by atoms with Crippen molar-refractivity contribution < 1.29 is 14.5 Å².